The molecule has 0 radical (unpaired) electrons. The Bertz CT molecular complexity index is 721. The van der Waals surface area contributed by atoms with Crippen LogP contribution in [0.3, 0.4) is 0 Å². The summed E-state index contributed by atoms with van der Waals surface area (Å²) in [7, 11) is 0. The third kappa shape index (κ3) is 5.79. The second-order valence-corrected chi connectivity index (χ2v) is 7.06. The summed E-state index contributed by atoms with van der Waals surface area (Å²) in [6.07, 6.45) is 7.50. The molecule has 0 aliphatic carbocycles. The summed E-state index contributed by atoms with van der Waals surface area (Å²) >= 11 is 0. The van der Waals surface area contributed by atoms with Crippen molar-refractivity contribution in [2.24, 2.45) is 5.73 Å². The second-order valence-electron chi connectivity index (χ2n) is 7.06. The zero-order valence-corrected chi connectivity index (χ0v) is 15.8. The third-order valence-corrected chi connectivity index (χ3v) is 5.05. The number of hydrogen-bond acceptors (Lipinski definition) is 4. The largest absolute Gasteiger partial charge is 0.492 e. The summed E-state index contributed by atoms with van der Waals surface area (Å²) in [5.74, 6) is 0.979. The lowest BCUT2D eigenvalue weighted by atomic mass is 9.96. The number of piperidine rings is 1. The first-order chi connectivity index (χ1) is 13.3. The van der Waals surface area contributed by atoms with Crippen molar-refractivity contribution in [3.63, 3.8) is 0 Å². The molecule has 1 fully saturated rings. The number of nitrogens with zero attached hydrogens (tertiary/aromatic N) is 2. The maximum absolute atomic E-state index is 13.0. The molecule has 3 rings (SSSR count). The minimum absolute atomic E-state index is 0.205. The molecule has 0 spiro atoms. The van der Waals surface area contributed by atoms with Gasteiger partial charge in [0.1, 0.15) is 12.4 Å². The van der Waals surface area contributed by atoms with Gasteiger partial charge < -0.3 is 15.4 Å². The number of benzene rings is 1. The molecule has 2 heterocycles. The molecule has 2 N–H and O–H groups in total. The Morgan fingerprint density at radius 3 is 2.96 bits per heavy atom. The number of likely N-dealkylation sites (tertiary alicyclic amines) is 1. The number of ether oxygens (including phenoxy) is 1. The van der Waals surface area contributed by atoms with E-state index in [0.29, 0.717) is 25.6 Å². The molecule has 1 aromatic heterocycles. The number of carbonyl (C=O) groups excluding carboxylic acids is 1. The van der Waals surface area contributed by atoms with Gasteiger partial charge in [0, 0.05) is 31.0 Å². The van der Waals surface area contributed by atoms with Crippen LogP contribution in [0.5, 0.6) is 5.75 Å². The van der Waals surface area contributed by atoms with E-state index < -0.39 is 0 Å². The predicted molar refractivity (Wildman–Crippen MR) is 107 cm³/mol. The van der Waals surface area contributed by atoms with Crippen molar-refractivity contribution >= 4 is 5.91 Å². The monoisotopic (exact) mass is 367 g/mol. The highest BCUT2D eigenvalue weighted by molar-refractivity contribution is 5.79. The quantitative estimate of drug-likeness (QED) is 0.779. The molecular weight excluding hydrogens is 338 g/mol. The Hall–Kier alpha value is -2.40. The van der Waals surface area contributed by atoms with Crippen molar-refractivity contribution in [3.8, 4) is 5.75 Å². The topological polar surface area (TPSA) is 68.5 Å². The standard InChI is InChI=1S/C22H29N3O2/c23-12-15-27-21-9-5-6-18(16-21)17-22(26)25-14-4-2-8-20(25)11-10-19-7-1-3-13-24-19/h1,3,5-7,9,13,16,20H,2,4,8,10-12,14-15,17,23H2/t20-/m1/s1. The molecule has 144 valence electrons. The maximum atomic E-state index is 13.0. The Balaban J connectivity index is 1.59. The maximum Gasteiger partial charge on any atom is 0.227 e. The molecule has 1 amide bonds. The smallest absolute Gasteiger partial charge is 0.227 e. The van der Waals surface area contributed by atoms with Crippen molar-refractivity contribution in [1.82, 2.24) is 9.88 Å². The van der Waals surface area contributed by atoms with Crippen LogP contribution in [0.4, 0.5) is 0 Å². The van der Waals surface area contributed by atoms with E-state index in [2.05, 4.69) is 16.0 Å². The molecule has 2 aromatic rings. The van der Waals surface area contributed by atoms with Gasteiger partial charge in [-0.15, -0.1) is 0 Å². The van der Waals surface area contributed by atoms with Crippen LogP contribution in [0.25, 0.3) is 0 Å². The third-order valence-electron chi connectivity index (χ3n) is 5.05. The lowest BCUT2D eigenvalue weighted by Gasteiger charge is -2.36. The van der Waals surface area contributed by atoms with Gasteiger partial charge in [-0.3, -0.25) is 9.78 Å². The Labute approximate surface area is 161 Å². The van der Waals surface area contributed by atoms with Gasteiger partial charge in [-0.1, -0.05) is 18.2 Å². The van der Waals surface area contributed by atoms with Crippen molar-refractivity contribution < 1.29 is 9.53 Å². The average molecular weight is 367 g/mol. The molecule has 1 aliphatic rings. The molecule has 5 heteroatoms. The summed E-state index contributed by atoms with van der Waals surface area (Å²) in [6.45, 7) is 1.82. The number of amides is 1. The van der Waals surface area contributed by atoms with Crippen LogP contribution >= 0.6 is 0 Å². The van der Waals surface area contributed by atoms with Crippen molar-refractivity contribution in [2.75, 3.05) is 19.7 Å². The molecule has 1 saturated heterocycles. The van der Waals surface area contributed by atoms with Gasteiger partial charge in [-0.25, -0.2) is 0 Å². The molecule has 1 aromatic carbocycles. The fourth-order valence-electron chi connectivity index (χ4n) is 3.69. The summed E-state index contributed by atoms with van der Waals surface area (Å²) < 4.78 is 5.57. The fourth-order valence-corrected chi connectivity index (χ4v) is 3.69. The van der Waals surface area contributed by atoms with Crippen LogP contribution in [0.2, 0.25) is 0 Å². The van der Waals surface area contributed by atoms with Crippen LogP contribution < -0.4 is 10.5 Å². The van der Waals surface area contributed by atoms with E-state index in [1.54, 1.807) is 0 Å². The van der Waals surface area contributed by atoms with E-state index in [-0.39, 0.29) is 5.91 Å². The number of nitrogens with two attached hydrogens (primary N) is 1. The number of pyridine rings is 1. The van der Waals surface area contributed by atoms with E-state index in [9.17, 15) is 4.79 Å². The van der Waals surface area contributed by atoms with E-state index in [4.69, 9.17) is 10.5 Å². The Morgan fingerprint density at radius 2 is 2.15 bits per heavy atom. The predicted octanol–water partition coefficient (Wildman–Crippen LogP) is 2.98. The highest BCUT2D eigenvalue weighted by atomic mass is 16.5. The highest BCUT2D eigenvalue weighted by Gasteiger charge is 2.26. The average Bonchev–Trinajstić information content (AvgIpc) is 2.72. The Kier molecular flexibility index (Phi) is 7.22. The summed E-state index contributed by atoms with van der Waals surface area (Å²) in [6, 6.07) is 14.1. The van der Waals surface area contributed by atoms with Gasteiger partial charge in [0.25, 0.3) is 0 Å². The normalized spacial score (nSPS) is 16.9. The fraction of sp³-hybridized carbons (Fsp3) is 0.455. The van der Waals surface area contributed by atoms with Gasteiger partial charge in [0.2, 0.25) is 5.91 Å². The SMILES string of the molecule is NCCOc1cccc(CC(=O)N2CCCC[C@@H]2CCc2ccccn2)c1. The molecule has 27 heavy (non-hydrogen) atoms. The van der Waals surface area contributed by atoms with E-state index in [1.807, 2.05) is 42.6 Å². The zero-order chi connectivity index (χ0) is 18.9. The second kappa shape index (κ2) is 10.1. The number of rotatable bonds is 8. The van der Waals surface area contributed by atoms with Crippen molar-refractivity contribution in [2.45, 2.75) is 44.6 Å². The van der Waals surface area contributed by atoms with Gasteiger partial charge in [-0.05, 0) is 61.9 Å². The van der Waals surface area contributed by atoms with Crippen LogP contribution in [0.15, 0.2) is 48.7 Å². The molecule has 5 nitrogen and oxygen atoms in total. The molecule has 0 saturated carbocycles. The molecule has 0 bridgehead atoms. The van der Waals surface area contributed by atoms with Gasteiger partial charge in [-0.2, -0.15) is 0 Å². The van der Waals surface area contributed by atoms with Crippen molar-refractivity contribution in [3.05, 3.63) is 59.9 Å². The molecule has 0 unspecified atom stereocenters. The minimum atomic E-state index is 0.205. The Morgan fingerprint density at radius 1 is 1.22 bits per heavy atom. The van der Waals surface area contributed by atoms with Gasteiger partial charge in [0.05, 0.1) is 6.42 Å². The molecular formula is C22H29N3O2. The van der Waals surface area contributed by atoms with E-state index in [1.165, 1.54) is 6.42 Å². The highest BCUT2D eigenvalue weighted by Crippen LogP contribution is 2.23. The number of carbonyl (C=O) groups is 1. The lowest BCUT2D eigenvalue weighted by Crippen LogP contribution is -2.44. The summed E-state index contributed by atoms with van der Waals surface area (Å²) in [5, 5.41) is 0. The van der Waals surface area contributed by atoms with Crippen LogP contribution in [0.1, 0.15) is 36.9 Å². The number of hydrogen-bond donors (Lipinski definition) is 1. The van der Waals surface area contributed by atoms with Crippen LogP contribution in [0, 0.1) is 0 Å². The van der Waals surface area contributed by atoms with Crippen molar-refractivity contribution in [1.29, 1.82) is 0 Å². The van der Waals surface area contributed by atoms with E-state index >= 15 is 0 Å². The number of aryl methyl sites for hydroxylation is 1. The summed E-state index contributed by atoms with van der Waals surface area (Å²) in [5.41, 5.74) is 7.58. The van der Waals surface area contributed by atoms with Crippen LogP contribution in [-0.4, -0.2) is 41.5 Å². The first-order valence-electron chi connectivity index (χ1n) is 9.87. The first kappa shape index (κ1) is 19.4. The molecule has 1 atom stereocenters. The zero-order valence-electron chi connectivity index (χ0n) is 15.8. The number of aromatic nitrogens is 1. The summed E-state index contributed by atoms with van der Waals surface area (Å²) in [4.78, 5) is 19.5. The minimum Gasteiger partial charge on any atom is -0.492 e. The molecule has 1 aliphatic heterocycles. The van der Waals surface area contributed by atoms with E-state index in [0.717, 1.165) is 49.2 Å². The van der Waals surface area contributed by atoms with Crippen LogP contribution in [-0.2, 0) is 17.6 Å². The van der Waals surface area contributed by atoms with Gasteiger partial charge in [0.15, 0.2) is 0 Å². The lowest BCUT2D eigenvalue weighted by molar-refractivity contribution is -0.134. The first-order valence-corrected chi connectivity index (χ1v) is 9.87. The van der Waals surface area contributed by atoms with Gasteiger partial charge >= 0.3 is 0 Å².